The van der Waals surface area contributed by atoms with Crippen LogP contribution < -0.4 is 4.90 Å². The van der Waals surface area contributed by atoms with Gasteiger partial charge in [0.1, 0.15) is 0 Å². The van der Waals surface area contributed by atoms with Gasteiger partial charge in [-0.1, -0.05) is 11.6 Å². The van der Waals surface area contributed by atoms with Crippen LogP contribution in [0.15, 0.2) is 41.5 Å². The number of likely N-dealkylation sites (N-methyl/N-ethyl adjacent to an activating group) is 1. The van der Waals surface area contributed by atoms with Gasteiger partial charge in [0.15, 0.2) is 0 Å². The van der Waals surface area contributed by atoms with Gasteiger partial charge in [0.05, 0.1) is 24.0 Å². The second kappa shape index (κ2) is 5.69. The predicted octanol–water partition coefficient (Wildman–Crippen LogP) is 2.65. The maximum absolute atomic E-state index is 6.31. The first-order valence-electron chi connectivity index (χ1n) is 8.05. The summed E-state index contributed by atoms with van der Waals surface area (Å²) in [5.41, 5.74) is 4.59. The summed E-state index contributed by atoms with van der Waals surface area (Å²) in [6, 6.07) is 10.8. The molecule has 0 aliphatic carbocycles. The fraction of sp³-hybridized carbons (Fsp3) is 0.389. The SMILES string of the molecule is CN1CCN2c3ccc(Cl)cc3C(c3cccn3C)=NCC2C1. The van der Waals surface area contributed by atoms with Gasteiger partial charge in [-0.05, 0) is 37.4 Å². The third kappa shape index (κ3) is 2.56. The summed E-state index contributed by atoms with van der Waals surface area (Å²) in [5, 5.41) is 0.762. The molecule has 0 amide bonds. The number of benzene rings is 1. The molecular weight excluding hydrogens is 308 g/mol. The number of aryl methyl sites for hydroxylation is 1. The van der Waals surface area contributed by atoms with Crippen molar-refractivity contribution in [3.05, 3.63) is 52.8 Å². The molecular formula is C18H21ClN4. The third-order valence-corrected chi connectivity index (χ3v) is 5.09. The molecule has 0 radical (unpaired) electrons. The number of aliphatic imine (C=N–C) groups is 1. The predicted molar refractivity (Wildman–Crippen MR) is 96.0 cm³/mol. The number of rotatable bonds is 1. The average Bonchev–Trinajstić information content (AvgIpc) is 2.88. The Morgan fingerprint density at radius 3 is 2.83 bits per heavy atom. The lowest BCUT2D eigenvalue weighted by molar-refractivity contribution is 0.270. The van der Waals surface area contributed by atoms with Gasteiger partial charge in [0, 0.05) is 49.2 Å². The van der Waals surface area contributed by atoms with Crippen LogP contribution in [0.25, 0.3) is 0 Å². The summed E-state index contributed by atoms with van der Waals surface area (Å²) in [6.45, 7) is 3.98. The Labute approximate surface area is 142 Å². The fourth-order valence-corrected chi connectivity index (χ4v) is 3.81. The molecule has 0 spiro atoms. The number of hydrogen-bond donors (Lipinski definition) is 0. The summed E-state index contributed by atoms with van der Waals surface area (Å²) in [5.74, 6) is 0. The number of halogens is 1. The molecule has 1 aromatic carbocycles. The smallest absolute Gasteiger partial charge is 0.0905 e. The van der Waals surface area contributed by atoms with Gasteiger partial charge < -0.3 is 14.4 Å². The number of hydrogen-bond acceptors (Lipinski definition) is 3. The molecule has 1 aromatic heterocycles. The van der Waals surface area contributed by atoms with Crippen LogP contribution in [0.4, 0.5) is 5.69 Å². The van der Waals surface area contributed by atoms with E-state index >= 15 is 0 Å². The maximum atomic E-state index is 6.31. The molecule has 3 heterocycles. The zero-order chi connectivity index (χ0) is 16.0. The molecule has 0 saturated carbocycles. The zero-order valence-corrected chi connectivity index (χ0v) is 14.3. The van der Waals surface area contributed by atoms with E-state index in [1.54, 1.807) is 0 Å². The fourth-order valence-electron chi connectivity index (χ4n) is 3.64. The van der Waals surface area contributed by atoms with Gasteiger partial charge in [-0.3, -0.25) is 4.99 Å². The van der Waals surface area contributed by atoms with Crippen LogP contribution in [0, 0.1) is 0 Å². The minimum absolute atomic E-state index is 0.423. The van der Waals surface area contributed by atoms with Gasteiger partial charge in [-0.2, -0.15) is 0 Å². The van der Waals surface area contributed by atoms with Gasteiger partial charge >= 0.3 is 0 Å². The van der Waals surface area contributed by atoms with Crippen molar-refractivity contribution in [2.75, 3.05) is 38.1 Å². The zero-order valence-electron chi connectivity index (χ0n) is 13.5. The summed E-state index contributed by atoms with van der Waals surface area (Å²) < 4.78 is 2.12. The first kappa shape index (κ1) is 14.8. The average molecular weight is 329 g/mol. The Morgan fingerprint density at radius 2 is 2.04 bits per heavy atom. The van der Waals surface area contributed by atoms with Gasteiger partial charge in [-0.15, -0.1) is 0 Å². The Kier molecular flexibility index (Phi) is 3.66. The van der Waals surface area contributed by atoms with Gasteiger partial charge in [0.25, 0.3) is 0 Å². The second-order valence-electron chi connectivity index (χ2n) is 6.46. The van der Waals surface area contributed by atoms with Crippen LogP contribution in [-0.2, 0) is 7.05 Å². The van der Waals surface area contributed by atoms with Crippen molar-refractivity contribution in [1.82, 2.24) is 9.47 Å². The molecule has 2 aliphatic rings. The Morgan fingerprint density at radius 1 is 1.17 bits per heavy atom. The highest BCUT2D eigenvalue weighted by Gasteiger charge is 2.31. The molecule has 2 aromatic rings. The topological polar surface area (TPSA) is 23.8 Å². The van der Waals surface area contributed by atoms with E-state index in [0.717, 1.165) is 48.2 Å². The molecule has 120 valence electrons. The monoisotopic (exact) mass is 328 g/mol. The molecule has 4 rings (SSSR count). The van der Waals surface area contributed by atoms with E-state index in [0.29, 0.717) is 6.04 Å². The Bertz CT molecular complexity index is 764. The van der Waals surface area contributed by atoms with Crippen molar-refractivity contribution < 1.29 is 0 Å². The van der Waals surface area contributed by atoms with E-state index in [1.807, 2.05) is 6.07 Å². The highest BCUT2D eigenvalue weighted by atomic mass is 35.5. The summed E-state index contributed by atoms with van der Waals surface area (Å²) in [4.78, 5) is 9.89. The van der Waals surface area contributed by atoms with Crippen LogP contribution in [0.2, 0.25) is 5.02 Å². The standard InChI is InChI=1S/C18H21ClN4/c1-21-8-9-23-14(12-21)11-20-18(17-4-3-7-22(17)2)15-10-13(19)5-6-16(15)23/h3-7,10,14H,8-9,11-12H2,1-2H3. The molecule has 1 fully saturated rings. The minimum atomic E-state index is 0.423. The normalized spacial score (nSPS) is 21.4. The van der Waals surface area contributed by atoms with E-state index in [9.17, 15) is 0 Å². The number of aromatic nitrogens is 1. The first-order valence-corrected chi connectivity index (χ1v) is 8.42. The van der Waals surface area contributed by atoms with Crippen molar-refractivity contribution in [2.24, 2.45) is 12.0 Å². The molecule has 1 unspecified atom stereocenters. The summed E-state index contributed by atoms with van der Waals surface area (Å²) >= 11 is 6.31. The molecule has 2 aliphatic heterocycles. The van der Waals surface area contributed by atoms with Crippen molar-refractivity contribution >= 4 is 23.0 Å². The van der Waals surface area contributed by atoms with Gasteiger partial charge in [-0.25, -0.2) is 0 Å². The van der Waals surface area contributed by atoms with E-state index in [-0.39, 0.29) is 0 Å². The summed E-state index contributed by atoms with van der Waals surface area (Å²) in [6.07, 6.45) is 2.06. The Hall–Kier alpha value is -1.78. The lowest BCUT2D eigenvalue weighted by Gasteiger charge is -2.40. The van der Waals surface area contributed by atoms with Crippen molar-refractivity contribution in [2.45, 2.75) is 6.04 Å². The number of fused-ring (bicyclic) bond motifs is 3. The van der Waals surface area contributed by atoms with Gasteiger partial charge in [0.2, 0.25) is 0 Å². The van der Waals surface area contributed by atoms with E-state index in [2.05, 4.69) is 58.9 Å². The van der Waals surface area contributed by atoms with Crippen LogP contribution >= 0.6 is 11.6 Å². The Balaban J connectivity index is 1.87. The molecule has 0 bridgehead atoms. The third-order valence-electron chi connectivity index (χ3n) is 4.86. The quantitative estimate of drug-likeness (QED) is 0.803. The minimum Gasteiger partial charge on any atom is -0.364 e. The van der Waals surface area contributed by atoms with Crippen molar-refractivity contribution in [1.29, 1.82) is 0 Å². The first-order chi connectivity index (χ1) is 11.1. The lowest BCUT2D eigenvalue weighted by atomic mass is 10.0. The van der Waals surface area contributed by atoms with E-state index in [4.69, 9.17) is 16.6 Å². The maximum Gasteiger partial charge on any atom is 0.0905 e. The molecule has 23 heavy (non-hydrogen) atoms. The molecule has 1 atom stereocenters. The van der Waals surface area contributed by atoms with Crippen LogP contribution in [-0.4, -0.2) is 54.4 Å². The van der Waals surface area contributed by atoms with E-state index < -0.39 is 0 Å². The largest absolute Gasteiger partial charge is 0.364 e. The highest BCUT2D eigenvalue weighted by molar-refractivity contribution is 6.31. The summed E-state index contributed by atoms with van der Waals surface area (Å²) in [7, 11) is 4.25. The van der Waals surface area contributed by atoms with Crippen LogP contribution in [0.3, 0.4) is 0 Å². The number of anilines is 1. The highest BCUT2D eigenvalue weighted by Crippen LogP contribution is 2.32. The number of piperazine rings is 1. The molecule has 1 saturated heterocycles. The van der Waals surface area contributed by atoms with Crippen molar-refractivity contribution in [3.63, 3.8) is 0 Å². The lowest BCUT2D eigenvalue weighted by Crippen LogP contribution is -2.53. The second-order valence-corrected chi connectivity index (χ2v) is 6.90. The molecule has 4 nitrogen and oxygen atoms in total. The molecule has 0 N–H and O–H groups in total. The molecule has 5 heteroatoms. The van der Waals surface area contributed by atoms with Crippen LogP contribution in [0.5, 0.6) is 0 Å². The van der Waals surface area contributed by atoms with Crippen molar-refractivity contribution in [3.8, 4) is 0 Å². The van der Waals surface area contributed by atoms with E-state index in [1.165, 1.54) is 5.69 Å². The number of nitrogens with zero attached hydrogens (tertiary/aromatic N) is 4. The van der Waals surface area contributed by atoms with Crippen LogP contribution in [0.1, 0.15) is 11.3 Å².